The van der Waals surface area contributed by atoms with E-state index >= 15 is 0 Å². The van der Waals surface area contributed by atoms with Gasteiger partial charge in [0.1, 0.15) is 0 Å². The Morgan fingerprint density at radius 3 is 2.90 bits per heavy atom. The summed E-state index contributed by atoms with van der Waals surface area (Å²) in [7, 11) is 0. The summed E-state index contributed by atoms with van der Waals surface area (Å²) in [5.74, 6) is -0.929. The fraction of sp³-hybridized carbons (Fsp3) is 0.214. The number of imidazole rings is 2. The van der Waals surface area contributed by atoms with Crippen LogP contribution in [0.1, 0.15) is 16.8 Å². The highest BCUT2D eigenvalue weighted by Crippen LogP contribution is 2.15. The smallest absolute Gasteiger partial charge is 0.335 e. The quantitative estimate of drug-likeness (QED) is 0.769. The molecule has 3 rings (SSSR count). The van der Waals surface area contributed by atoms with Crippen LogP contribution in [0.3, 0.4) is 0 Å². The molecular formula is C14H14N4O2. The zero-order chi connectivity index (χ0) is 13.9. The Labute approximate surface area is 115 Å². The first-order valence-electron chi connectivity index (χ1n) is 6.38. The van der Waals surface area contributed by atoms with Crippen LogP contribution in [0.5, 0.6) is 0 Å². The minimum absolute atomic E-state index is 0.265. The van der Waals surface area contributed by atoms with Crippen LogP contribution in [0.25, 0.3) is 11.0 Å². The maximum Gasteiger partial charge on any atom is 0.335 e. The number of fused-ring (bicyclic) bond motifs is 1. The second kappa shape index (κ2) is 5.16. The van der Waals surface area contributed by atoms with E-state index < -0.39 is 5.97 Å². The van der Waals surface area contributed by atoms with Crippen molar-refractivity contribution in [2.24, 2.45) is 0 Å². The topological polar surface area (TPSA) is 72.9 Å². The molecule has 0 aliphatic heterocycles. The maximum atomic E-state index is 10.9. The van der Waals surface area contributed by atoms with Crippen LogP contribution in [-0.4, -0.2) is 30.2 Å². The summed E-state index contributed by atoms with van der Waals surface area (Å²) < 4.78 is 4.07. The molecule has 20 heavy (non-hydrogen) atoms. The molecule has 1 N–H and O–H groups in total. The molecule has 1 aromatic carbocycles. The number of nitrogens with zero attached hydrogens (tertiary/aromatic N) is 4. The molecule has 0 aliphatic rings. The molecule has 0 fully saturated rings. The summed E-state index contributed by atoms with van der Waals surface area (Å²) in [5.41, 5.74) is 1.94. The number of benzene rings is 1. The van der Waals surface area contributed by atoms with Crippen molar-refractivity contribution in [3.8, 4) is 0 Å². The largest absolute Gasteiger partial charge is 0.478 e. The lowest BCUT2D eigenvalue weighted by atomic mass is 10.2. The van der Waals surface area contributed by atoms with Gasteiger partial charge >= 0.3 is 5.97 Å². The second-order valence-corrected chi connectivity index (χ2v) is 4.60. The predicted octanol–water partition coefficient (Wildman–Crippen LogP) is 2.02. The van der Waals surface area contributed by atoms with Gasteiger partial charge in [-0.05, 0) is 24.6 Å². The lowest BCUT2D eigenvalue weighted by Crippen LogP contribution is -2.02. The molecule has 0 radical (unpaired) electrons. The lowest BCUT2D eigenvalue weighted by molar-refractivity contribution is 0.0697. The van der Waals surface area contributed by atoms with Gasteiger partial charge in [-0.1, -0.05) is 0 Å². The van der Waals surface area contributed by atoms with Gasteiger partial charge in [0.05, 0.1) is 29.3 Å². The van der Waals surface area contributed by atoms with E-state index in [9.17, 15) is 4.79 Å². The fourth-order valence-corrected chi connectivity index (χ4v) is 2.22. The molecule has 0 aliphatic carbocycles. The third kappa shape index (κ3) is 2.40. The van der Waals surface area contributed by atoms with Gasteiger partial charge in [-0.15, -0.1) is 0 Å². The van der Waals surface area contributed by atoms with Gasteiger partial charge < -0.3 is 14.2 Å². The van der Waals surface area contributed by atoms with Crippen LogP contribution in [0.4, 0.5) is 0 Å². The van der Waals surface area contributed by atoms with Gasteiger partial charge in [-0.3, -0.25) is 0 Å². The summed E-state index contributed by atoms with van der Waals surface area (Å²) in [4.78, 5) is 19.2. The second-order valence-electron chi connectivity index (χ2n) is 4.60. The van der Waals surface area contributed by atoms with E-state index in [0.717, 1.165) is 25.0 Å². The van der Waals surface area contributed by atoms with Crippen molar-refractivity contribution in [3.63, 3.8) is 0 Å². The fourth-order valence-electron chi connectivity index (χ4n) is 2.22. The average molecular weight is 270 g/mol. The van der Waals surface area contributed by atoms with E-state index in [1.165, 1.54) is 0 Å². The molecule has 0 spiro atoms. The molecule has 6 heteroatoms. The monoisotopic (exact) mass is 270 g/mol. The Hall–Kier alpha value is -2.63. The van der Waals surface area contributed by atoms with Gasteiger partial charge in [-0.25, -0.2) is 14.8 Å². The molecule has 3 aromatic rings. The van der Waals surface area contributed by atoms with Gasteiger partial charge in [-0.2, -0.15) is 0 Å². The maximum absolute atomic E-state index is 10.9. The highest BCUT2D eigenvalue weighted by atomic mass is 16.4. The summed E-state index contributed by atoms with van der Waals surface area (Å²) in [6.45, 7) is 1.73. The Bertz CT molecular complexity index is 731. The van der Waals surface area contributed by atoms with Gasteiger partial charge in [0.25, 0.3) is 0 Å². The number of hydrogen-bond donors (Lipinski definition) is 1. The lowest BCUT2D eigenvalue weighted by Gasteiger charge is -2.05. The van der Waals surface area contributed by atoms with Crippen molar-refractivity contribution >= 4 is 17.0 Å². The van der Waals surface area contributed by atoms with Crippen LogP contribution < -0.4 is 0 Å². The summed E-state index contributed by atoms with van der Waals surface area (Å²) in [5, 5.41) is 8.95. The minimum Gasteiger partial charge on any atom is -0.478 e. The number of aryl methyl sites for hydroxylation is 2. The summed E-state index contributed by atoms with van der Waals surface area (Å²) >= 11 is 0. The number of aromatic carboxylic acids is 1. The first kappa shape index (κ1) is 12.4. The first-order valence-corrected chi connectivity index (χ1v) is 6.38. The molecule has 0 saturated heterocycles. The molecular weight excluding hydrogens is 256 g/mol. The highest BCUT2D eigenvalue weighted by molar-refractivity contribution is 5.92. The molecule has 0 saturated carbocycles. The van der Waals surface area contributed by atoms with Crippen molar-refractivity contribution in [1.29, 1.82) is 0 Å². The zero-order valence-electron chi connectivity index (χ0n) is 10.8. The van der Waals surface area contributed by atoms with E-state index in [-0.39, 0.29) is 5.56 Å². The van der Waals surface area contributed by atoms with Crippen molar-refractivity contribution in [1.82, 2.24) is 19.1 Å². The Balaban J connectivity index is 1.73. The van der Waals surface area contributed by atoms with E-state index in [1.807, 2.05) is 21.4 Å². The minimum atomic E-state index is -0.929. The third-order valence-corrected chi connectivity index (χ3v) is 3.24. The molecule has 0 amide bonds. The summed E-state index contributed by atoms with van der Waals surface area (Å²) in [6.07, 6.45) is 8.21. The number of carboxylic acids is 1. The molecule has 0 bridgehead atoms. The predicted molar refractivity (Wildman–Crippen MR) is 73.5 cm³/mol. The van der Waals surface area contributed by atoms with Crippen molar-refractivity contribution in [2.45, 2.75) is 19.5 Å². The van der Waals surface area contributed by atoms with E-state index in [1.54, 1.807) is 31.0 Å². The van der Waals surface area contributed by atoms with E-state index in [4.69, 9.17) is 5.11 Å². The van der Waals surface area contributed by atoms with Crippen LogP contribution in [0, 0.1) is 0 Å². The number of aromatic nitrogens is 4. The number of carboxylic acid groups (broad SMARTS) is 1. The zero-order valence-corrected chi connectivity index (χ0v) is 10.8. The Morgan fingerprint density at radius 1 is 1.25 bits per heavy atom. The molecule has 102 valence electrons. The van der Waals surface area contributed by atoms with Crippen molar-refractivity contribution < 1.29 is 9.90 Å². The number of rotatable bonds is 5. The average Bonchev–Trinajstić information content (AvgIpc) is 3.08. The Kier molecular flexibility index (Phi) is 3.20. The SMILES string of the molecule is O=C(O)c1ccc2c(c1)ncn2CCCn1ccnc1. The molecule has 2 heterocycles. The van der Waals surface area contributed by atoms with Crippen molar-refractivity contribution in [2.75, 3.05) is 0 Å². The van der Waals surface area contributed by atoms with Crippen LogP contribution in [0.2, 0.25) is 0 Å². The van der Waals surface area contributed by atoms with Crippen LogP contribution >= 0.6 is 0 Å². The first-order chi connectivity index (χ1) is 9.74. The van der Waals surface area contributed by atoms with Gasteiger partial charge in [0, 0.05) is 25.5 Å². The van der Waals surface area contributed by atoms with Crippen LogP contribution in [-0.2, 0) is 13.1 Å². The molecule has 0 atom stereocenters. The van der Waals surface area contributed by atoms with Gasteiger partial charge in [0.2, 0.25) is 0 Å². The molecule has 0 unspecified atom stereocenters. The highest BCUT2D eigenvalue weighted by Gasteiger charge is 2.07. The third-order valence-electron chi connectivity index (χ3n) is 3.24. The van der Waals surface area contributed by atoms with Crippen molar-refractivity contribution in [3.05, 3.63) is 48.8 Å². The Morgan fingerprint density at radius 2 is 2.15 bits per heavy atom. The number of hydrogen-bond acceptors (Lipinski definition) is 3. The van der Waals surface area contributed by atoms with E-state index in [0.29, 0.717) is 5.52 Å². The molecule has 6 nitrogen and oxygen atoms in total. The van der Waals surface area contributed by atoms with Crippen LogP contribution in [0.15, 0.2) is 43.2 Å². The number of carbonyl (C=O) groups is 1. The normalized spacial score (nSPS) is 11.0. The standard InChI is InChI=1S/C14H14N4O2/c19-14(20)11-2-3-13-12(8-11)16-10-18(13)6-1-5-17-7-4-15-9-17/h2-4,7-10H,1,5-6H2,(H,19,20). The molecule has 2 aromatic heterocycles. The summed E-state index contributed by atoms with van der Waals surface area (Å²) in [6, 6.07) is 5.02. The van der Waals surface area contributed by atoms with Gasteiger partial charge in [0.15, 0.2) is 0 Å². The van der Waals surface area contributed by atoms with E-state index in [2.05, 4.69) is 9.97 Å².